The van der Waals surface area contributed by atoms with Gasteiger partial charge in [0.15, 0.2) is 5.15 Å². The van der Waals surface area contributed by atoms with Gasteiger partial charge in [-0.3, -0.25) is 0 Å². The minimum absolute atomic E-state index is 0.517. The van der Waals surface area contributed by atoms with Crippen molar-refractivity contribution in [3.63, 3.8) is 0 Å². The van der Waals surface area contributed by atoms with Gasteiger partial charge in [0.25, 0.3) is 0 Å². The van der Waals surface area contributed by atoms with E-state index in [2.05, 4.69) is 17.1 Å². The molecule has 1 aromatic heterocycles. The van der Waals surface area contributed by atoms with Crippen LogP contribution in [0.15, 0.2) is 6.07 Å². The van der Waals surface area contributed by atoms with Crippen molar-refractivity contribution in [2.45, 2.75) is 32.1 Å². The fourth-order valence-corrected chi connectivity index (χ4v) is 1.93. The third-order valence-corrected chi connectivity index (χ3v) is 2.61. The van der Waals surface area contributed by atoms with Crippen molar-refractivity contribution >= 4 is 11.6 Å². The summed E-state index contributed by atoms with van der Waals surface area (Å²) in [5.41, 5.74) is 2.43. The van der Waals surface area contributed by atoms with E-state index < -0.39 is 0 Å². The highest BCUT2D eigenvalue weighted by atomic mass is 35.5. The monoisotopic (exact) mass is 182 g/mol. The lowest BCUT2D eigenvalue weighted by Crippen LogP contribution is -2.10. The van der Waals surface area contributed by atoms with Crippen molar-refractivity contribution in [1.82, 2.24) is 10.2 Å². The van der Waals surface area contributed by atoms with Crippen LogP contribution in [0.5, 0.6) is 0 Å². The average Bonchev–Trinajstić information content (AvgIpc) is 2.04. The van der Waals surface area contributed by atoms with Crippen molar-refractivity contribution in [2.75, 3.05) is 0 Å². The van der Waals surface area contributed by atoms with Gasteiger partial charge in [-0.05, 0) is 30.9 Å². The first-order valence-corrected chi connectivity index (χ1v) is 4.67. The van der Waals surface area contributed by atoms with Crippen LogP contribution in [0.3, 0.4) is 0 Å². The van der Waals surface area contributed by atoms with Crippen LogP contribution in [0.25, 0.3) is 0 Å². The van der Waals surface area contributed by atoms with Gasteiger partial charge >= 0.3 is 0 Å². The molecule has 1 heterocycles. The fraction of sp³-hybridized carbons (Fsp3) is 0.556. The summed E-state index contributed by atoms with van der Waals surface area (Å²) in [7, 11) is 0. The first kappa shape index (κ1) is 7.99. The van der Waals surface area contributed by atoms with Crippen LogP contribution < -0.4 is 0 Å². The van der Waals surface area contributed by atoms with Gasteiger partial charge in [-0.2, -0.15) is 5.10 Å². The minimum atomic E-state index is 0.517. The molecule has 1 aromatic rings. The van der Waals surface area contributed by atoms with E-state index in [1.54, 1.807) is 0 Å². The Morgan fingerprint density at radius 1 is 1.50 bits per heavy atom. The molecule has 0 aliphatic heterocycles. The second-order valence-corrected chi connectivity index (χ2v) is 3.76. The molecule has 12 heavy (non-hydrogen) atoms. The summed E-state index contributed by atoms with van der Waals surface area (Å²) in [6.45, 7) is 2.20. The van der Waals surface area contributed by atoms with Gasteiger partial charge in [0, 0.05) is 5.92 Å². The van der Waals surface area contributed by atoms with Gasteiger partial charge in [0.05, 0.1) is 5.69 Å². The maximum atomic E-state index is 5.75. The highest BCUT2D eigenvalue weighted by Crippen LogP contribution is 2.29. The molecule has 1 atom stereocenters. The highest BCUT2D eigenvalue weighted by molar-refractivity contribution is 6.29. The van der Waals surface area contributed by atoms with E-state index in [1.165, 1.54) is 18.4 Å². The van der Waals surface area contributed by atoms with Gasteiger partial charge < -0.3 is 0 Å². The number of aromatic nitrogens is 2. The molecule has 0 aromatic carbocycles. The molecule has 0 amide bonds. The zero-order valence-electron chi connectivity index (χ0n) is 7.05. The molecular formula is C9H11ClN2. The van der Waals surface area contributed by atoms with Crippen LogP contribution in [0.2, 0.25) is 5.15 Å². The quantitative estimate of drug-likeness (QED) is 0.617. The zero-order valence-corrected chi connectivity index (χ0v) is 7.80. The number of hydrogen-bond acceptors (Lipinski definition) is 2. The number of halogens is 1. The summed E-state index contributed by atoms with van der Waals surface area (Å²) in [6, 6.07) is 1.94. The number of nitrogens with zero attached hydrogens (tertiary/aromatic N) is 2. The molecule has 0 spiro atoms. The largest absolute Gasteiger partial charge is 0.154 e. The minimum Gasteiger partial charge on any atom is -0.154 e. The molecule has 1 aliphatic rings. The summed E-state index contributed by atoms with van der Waals surface area (Å²) >= 11 is 5.75. The van der Waals surface area contributed by atoms with Gasteiger partial charge in [-0.25, -0.2) is 0 Å². The summed E-state index contributed by atoms with van der Waals surface area (Å²) in [5, 5.41) is 8.49. The van der Waals surface area contributed by atoms with Gasteiger partial charge in [-0.1, -0.05) is 18.5 Å². The number of aryl methyl sites for hydroxylation is 1. The first-order valence-electron chi connectivity index (χ1n) is 4.29. The van der Waals surface area contributed by atoms with Crippen LogP contribution in [0, 0.1) is 0 Å². The van der Waals surface area contributed by atoms with Crippen LogP contribution in [-0.2, 0) is 6.42 Å². The van der Waals surface area contributed by atoms with Gasteiger partial charge in [-0.15, -0.1) is 5.10 Å². The van der Waals surface area contributed by atoms with Crippen molar-refractivity contribution in [1.29, 1.82) is 0 Å². The van der Waals surface area contributed by atoms with E-state index >= 15 is 0 Å². The lowest BCUT2D eigenvalue weighted by Gasteiger charge is -2.19. The second kappa shape index (κ2) is 3.02. The fourth-order valence-electron chi connectivity index (χ4n) is 1.76. The Balaban J connectivity index is 2.46. The molecule has 0 N–H and O–H groups in total. The molecule has 0 fully saturated rings. The van der Waals surface area contributed by atoms with E-state index in [0.717, 1.165) is 12.1 Å². The molecule has 0 saturated heterocycles. The van der Waals surface area contributed by atoms with Crippen LogP contribution >= 0.6 is 11.6 Å². The molecule has 1 unspecified atom stereocenters. The van der Waals surface area contributed by atoms with Crippen molar-refractivity contribution < 1.29 is 0 Å². The molecule has 0 bridgehead atoms. The normalized spacial score (nSPS) is 22.0. The van der Waals surface area contributed by atoms with E-state index in [0.29, 0.717) is 11.1 Å². The van der Waals surface area contributed by atoms with E-state index in [-0.39, 0.29) is 0 Å². The highest BCUT2D eigenvalue weighted by Gasteiger charge is 2.18. The maximum Gasteiger partial charge on any atom is 0.152 e. The van der Waals surface area contributed by atoms with Gasteiger partial charge in [0.2, 0.25) is 0 Å². The van der Waals surface area contributed by atoms with Crippen molar-refractivity contribution in [3.8, 4) is 0 Å². The van der Waals surface area contributed by atoms with E-state index in [1.807, 2.05) is 6.07 Å². The predicted molar refractivity (Wildman–Crippen MR) is 48.4 cm³/mol. The van der Waals surface area contributed by atoms with Crippen LogP contribution in [0.4, 0.5) is 0 Å². The Morgan fingerprint density at radius 3 is 3.17 bits per heavy atom. The molecule has 0 radical (unpaired) electrons. The van der Waals surface area contributed by atoms with Crippen molar-refractivity contribution in [2.24, 2.45) is 0 Å². The standard InChI is InChI=1S/C9H11ClN2/c1-6-3-2-4-7-5-8(10)11-12-9(6)7/h5-6H,2-4H2,1H3. The maximum absolute atomic E-state index is 5.75. The Kier molecular flexibility index (Phi) is 2.01. The van der Waals surface area contributed by atoms with Crippen LogP contribution in [-0.4, -0.2) is 10.2 Å². The van der Waals surface area contributed by atoms with Crippen LogP contribution in [0.1, 0.15) is 36.9 Å². The Labute approximate surface area is 77.0 Å². The van der Waals surface area contributed by atoms with E-state index in [9.17, 15) is 0 Å². The molecule has 64 valence electrons. The summed E-state index contributed by atoms with van der Waals surface area (Å²) in [6.07, 6.45) is 3.58. The smallest absolute Gasteiger partial charge is 0.152 e. The molecule has 1 aliphatic carbocycles. The Morgan fingerprint density at radius 2 is 2.33 bits per heavy atom. The first-order chi connectivity index (χ1) is 5.77. The Hall–Kier alpha value is -0.630. The second-order valence-electron chi connectivity index (χ2n) is 3.37. The molecule has 2 rings (SSSR count). The summed E-state index contributed by atoms with van der Waals surface area (Å²) in [4.78, 5) is 0. The molecule has 2 nitrogen and oxygen atoms in total. The predicted octanol–water partition coefficient (Wildman–Crippen LogP) is 2.57. The third kappa shape index (κ3) is 1.31. The molecule has 0 saturated carbocycles. The lowest BCUT2D eigenvalue weighted by atomic mass is 9.89. The number of hydrogen-bond donors (Lipinski definition) is 0. The number of rotatable bonds is 0. The molecule has 3 heteroatoms. The van der Waals surface area contributed by atoms with E-state index in [4.69, 9.17) is 11.6 Å². The average molecular weight is 183 g/mol. The SMILES string of the molecule is CC1CCCc2cc(Cl)nnc21. The third-order valence-electron chi connectivity index (χ3n) is 2.43. The van der Waals surface area contributed by atoms with Gasteiger partial charge in [0.1, 0.15) is 0 Å². The lowest BCUT2D eigenvalue weighted by molar-refractivity contribution is 0.564. The summed E-state index contributed by atoms with van der Waals surface area (Å²) in [5.74, 6) is 0.554. The molecular weight excluding hydrogens is 172 g/mol. The van der Waals surface area contributed by atoms with Crippen molar-refractivity contribution in [3.05, 3.63) is 22.5 Å². The Bertz CT molecular complexity index is 299. The number of fused-ring (bicyclic) bond motifs is 1. The topological polar surface area (TPSA) is 25.8 Å². The summed E-state index contributed by atoms with van der Waals surface area (Å²) < 4.78 is 0. The zero-order chi connectivity index (χ0) is 8.55.